The van der Waals surface area contributed by atoms with E-state index in [-0.39, 0.29) is 6.61 Å². The van der Waals surface area contributed by atoms with Crippen molar-refractivity contribution in [3.05, 3.63) is 57.7 Å². The van der Waals surface area contributed by atoms with Crippen LogP contribution in [0.4, 0.5) is 0 Å². The van der Waals surface area contributed by atoms with Crippen molar-refractivity contribution in [2.24, 2.45) is 5.10 Å². The largest absolute Gasteiger partial charge is 0.484 e. The molecule has 9 heteroatoms. The number of hydrogen-bond donors (Lipinski definition) is 0. The van der Waals surface area contributed by atoms with E-state index in [0.29, 0.717) is 38.3 Å². The van der Waals surface area contributed by atoms with E-state index in [1.54, 1.807) is 35.2 Å². The van der Waals surface area contributed by atoms with Gasteiger partial charge in [0.1, 0.15) is 28.9 Å². The minimum absolute atomic E-state index is 0.232. The van der Waals surface area contributed by atoms with E-state index in [9.17, 15) is 0 Å². The molecule has 0 radical (unpaired) electrons. The summed E-state index contributed by atoms with van der Waals surface area (Å²) in [6, 6.07) is 8.84. The molecular formula is C16H14Cl2N4O2S. The Kier molecular flexibility index (Phi) is 5.67. The normalized spacial score (nSPS) is 11.4. The van der Waals surface area contributed by atoms with Gasteiger partial charge < -0.3 is 9.15 Å². The Labute approximate surface area is 158 Å². The number of halogens is 2. The molecule has 2 aromatic heterocycles. The zero-order valence-electron chi connectivity index (χ0n) is 13.4. The van der Waals surface area contributed by atoms with Crippen LogP contribution in [0.2, 0.25) is 10.0 Å². The maximum Gasteiger partial charge on any atom is 0.211 e. The maximum absolute atomic E-state index is 6.09. The van der Waals surface area contributed by atoms with E-state index in [4.69, 9.17) is 32.4 Å². The van der Waals surface area contributed by atoms with E-state index in [1.807, 2.05) is 19.2 Å². The zero-order valence-corrected chi connectivity index (χ0v) is 15.8. The molecule has 0 unspecified atom stereocenters. The summed E-state index contributed by atoms with van der Waals surface area (Å²) in [6.07, 6.45) is 3.52. The molecule has 130 valence electrons. The first-order valence-electron chi connectivity index (χ1n) is 7.24. The highest BCUT2D eigenvalue weighted by atomic mass is 35.5. The molecule has 3 aromatic rings. The van der Waals surface area contributed by atoms with Gasteiger partial charge in [-0.1, -0.05) is 41.0 Å². The average Bonchev–Trinajstić information content (AvgIpc) is 3.20. The summed E-state index contributed by atoms with van der Waals surface area (Å²) in [5.41, 5.74) is 0. The van der Waals surface area contributed by atoms with Crippen molar-refractivity contribution in [3.63, 3.8) is 0 Å². The van der Waals surface area contributed by atoms with E-state index in [2.05, 4.69) is 15.3 Å². The number of thioether (sulfide) groups is 1. The SMILES string of the molecule is CSc1nnc(C)n1/N=C/c1ccc(COc2cccc(Cl)c2Cl)o1. The van der Waals surface area contributed by atoms with Crippen LogP contribution in [0.15, 0.2) is 45.0 Å². The van der Waals surface area contributed by atoms with Crippen LogP contribution < -0.4 is 4.74 Å². The standard InChI is InChI=1S/C16H14Cl2N4O2S/c1-10-20-21-16(25-2)22(10)19-8-11-6-7-12(24-11)9-23-14-5-3-4-13(17)15(14)18/h3-8H,9H2,1-2H3/b19-8+. The molecule has 0 fully saturated rings. The van der Waals surface area contributed by atoms with Crippen molar-refractivity contribution in [1.29, 1.82) is 0 Å². The molecular weight excluding hydrogens is 383 g/mol. The quantitative estimate of drug-likeness (QED) is 0.447. The van der Waals surface area contributed by atoms with Gasteiger partial charge in [-0.05, 0) is 37.4 Å². The van der Waals surface area contributed by atoms with Crippen LogP contribution >= 0.6 is 35.0 Å². The van der Waals surface area contributed by atoms with Crippen molar-refractivity contribution in [2.45, 2.75) is 18.7 Å². The maximum atomic E-state index is 6.09. The topological polar surface area (TPSA) is 65.4 Å². The van der Waals surface area contributed by atoms with Crippen molar-refractivity contribution >= 4 is 41.2 Å². The molecule has 0 bridgehead atoms. The van der Waals surface area contributed by atoms with Gasteiger partial charge in [0.05, 0.1) is 11.2 Å². The highest BCUT2D eigenvalue weighted by Crippen LogP contribution is 2.32. The molecule has 0 aliphatic heterocycles. The van der Waals surface area contributed by atoms with Gasteiger partial charge in [0.2, 0.25) is 5.16 Å². The lowest BCUT2D eigenvalue weighted by Crippen LogP contribution is -1.95. The van der Waals surface area contributed by atoms with Crippen LogP contribution in [0.3, 0.4) is 0 Å². The van der Waals surface area contributed by atoms with Crippen LogP contribution in [0, 0.1) is 6.92 Å². The minimum Gasteiger partial charge on any atom is -0.484 e. The summed E-state index contributed by atoms with van der Waals surface area (Å²) < 4.78 is 13.0. The molecule has 0 N–H and O–H groups in total. The molecule has 0 atom stereocenters. The molecule has 0 spiro atoms. The van der Waals surface area contributed by atoms with E-state index in [1.165, 1.54) is 11.8 Å². The molecule has 0 saturated carbocycles. The molecule has 0 aliphatic carbocycles. The lowest BCUT2D eigenvalue weighted by molar-refractivity contribution is 0.270. The summed E-state index contributed by atoms with van der Waals surface area (Å²) in [7, 11) is 0. The number of rotatable bonds is 6. The molecule has 0 aliphatic rings. The Hall–Kier alpha value is -1.96. The smallest absolute Gasteiger partial charge is 0.211 e. The van der Waals surface area contributed by atoms with E-state index in [0.717, 1.165) is 0 Å². The molecule has 25 heavy (non-hydrogen) atoms. The van der Waals surface area contributed by atoms with Crippen molar-refractivity contribution < 1.29 is 9.15 Å². The highest BCUT2D eigenvalue weighted by molar-refractivity contribution is 7.98. The fourth-order valence-corrected chi connectivity index (χ4v) is 2.82. The number of nitrogens with zero attached hydrogens (tertiary/aromatic N) is 4. The monoisotopic (exact) mass is 396 g/mol. The number of furan rings is 1. The molecule has 2 heterocycles. The number of aromatic nitrogens is 3. The predicted molar refractivity (Wildman–Crippen MR) is 99.0 cm³/mol. The summed E-state index contributed by atoms with van der Waals surface area (Å²) >= 11 is 13.5. The van der Waals surface area contributed by atoms with Crippen LogP contribution in [0.5, 0.6) is 5.75 Å². The Morgan fingerprint density at radius 1 is 1.28 bits per heavy atom. The molecule has 6 nitrogen and oxygen atoms in total. The summed E-state index contributed by atoms with van der Waals surface area (Å²) in [6.45, 7) is 2.07. The van der Waals surface area contributed by atoms with Crippen LogP contribution in [0.25, 0.3) is 0 Å². The summed E-state index contributed by atoms with van der Waals surface area (Å²) in [5, 5.41) is 13.9. The van der Waals surface area contributed by atoms with Crippen LogP contribution in [-0.2, 0) is 6.61 Å². The van der Waals surface area contributed by atoms with E-state index >= 15 is 0 Å². The summed E-state index contributed by atoms with van der Waals surface area (Å²) in [4.78, 5) is 0. The number of benzene rings is 1. The average molecular weight is 397 g/mol. The first-order valence-corrected chi connectivity index (χ1v) is 9.22. The van der Waals surface area contributed by atoms with Gasteiger partial charge in [-0.3, -0.25) is 0 Å². The first kappa shape index (κ1) is 17.8. The first-order chi connectivity index (χ1) is 12.1. The number of hydrogen-bond acceptors (Lipinski definition) is 6. The Morgan fingerprint density at radius 3 is 2.92 bits per heavy atom. The number of ether oxygens (including phenoxy) is 1. The van der Waals surface area contributed by atoms with Crippen LogP contribution in [0.1, 0.15) is 17.3 Å². The fourth-order valence-electron chi connectivity index (χ4n) is 2.00. The van der Waals surface area contributed by atoms with Crippen LogP contribution in [-0.4, -0.2) is 27.3 Å². The van der Waals surface area contributed by atoms with Gasteiger partial charge in [0, 0.05) is 0 Å². The van der Waals surface area contributed by atoms with Crippen molar-refractivity contribution in [1.82, 2.24) is 14.9 Å². The second-order valence-corrected chi connectivity index (χ2v) is 6.49. The zero-order chi connectivity index (χ0) is 17.8. The van der Waals surface area contributed by atoms with Gasteiger partial charge in [0.25, 0.3) is 0 Å². The third-order valence-electron chi connectivity index (χ3n) is 3.22. The van der Waals surface area contributed by atoms with Crippen molar-refractivity contribution in [3.8, 4) is 5.75 Å². The highest BCUT2D eigenvalue weighted by Gasteiger charge is 2.08. The predicted octanol–water partition coefficient (Wildman–Crippen LogP) is 4.67. The second-order valence-electron chi connectivity index (χ2n) is 4.93. The second kappa shape index (κ2) is 7.95. The molecule has 1 aromatic carbocycles. The van der Waals surface area contributed by atoms with Gasteiger partial charge in [-0.15, -0.1) is 10.2 Å². The third-order valence-corrected chi connectivity index (χ3v) is 4.64. The Balaban J connectivity index is 1.67. The molecule has 0 amide bonds. The van der Waals surface area contributed by atoms with Crippen molar-refractivity contribution in [2.75, 3.05) is 6.26 Å². The molecule has 3 rings (SSSR count). The van der Waals surface area contributed by atoms with E-state index < -0.39 is 0 Å². The Morgan fingerprint density at radius 2 is 2.12 bits per heavy atom. The van der Waals surface area contributed by atoms with Gasteiger partial charge >= 0.3 is 0 Å². The fraction of sp³-hybridized carbons (Fsp3) is 0.188. The third kappa shape index (κ3) is 4.18. The number of aryl methyl sites for hydroxylation is 1. The van der Waals surface area contributed by atoms with Gasteiger partial charge in [-0.2, -0.15) is 9.78 Å². The van der Waals surface area contributed by atoms with Gasteiger partial charge in [0.15, 0.2) is 5.82 Å². The summed E-state index contributed by atoms with van der Waals surface area (Å²) in [5.74, 6) is 2.44. The lowest BCUT2D eigenvalue weighted by Gasteiger charge is -2.06. The molecule has 0 saturated heterocycles. The van der Waals surface area contributed by atoms with Gasteiger partial charge in [-0.25, -0.2) is 0 Å². The Bertz CT molecular complexity index is 907. The lowest BCUT2D eigenvalue weighted by atomic mass is 10.3. The minimum atomic E-state index is 0.232.